The molecule has 10 atom stereocenters. The van der Waals surface area contributed by atoms with Gasteiger partial charge in [-0.05, 0) is 120 Å². The van der Waals surface area contributed by atoms with Crippen LogP contribution in [0.2, 0.25) is 0 Å². The van der Waals surface area contributed by atoms with Crippen molar-refractivity contribution < 1.29 is 14.3 Å². The quantitative estimate of drug-likeness (QED) is 0.409. The number of allylic oxidation sites excluding steroid dienone is 1. The zero-order valence-corrected chi connectivity index (χ0v) is 22.8. The fourth-order valence-electron chi connectivity index (χ4n) is 10.1. The lowest BCUT2D eigenvalue weighted by atomic mass is 9.52. The largest absolute Gasteiger partial charge is 0.463 e. The van der Waals surface area contributed by atoms with Gasteiger partial charge in [-0.3, -0.25) is 10.1 Å². The van der Waals surface area contributed by atoms with Crippen LogP contribution in [0.4, 0.5) is 0 Å². The second kappa shape index (κ2) is 8.56. The molecule has 0 radical (unpaired) electrons. The molecule has 5 nitrogen and oxygen atoms in total. The van der Waals surface area contributed by atoms with E-state index in [9.17, 15) is 4.79 Å². The van der Waals surface area contributed by atoms with Gasteiger partial charge in [-0.25, -0.2) is 0 Å². The van der Waals surface area contributed by atoms with Gasteiger partial charge in [0.1, 0.15) is 6.10 Å². The van der Waals surface area contributed by atoms with Gasteiger partial charge in [0.25, 0.3) is 0 Å². The van der Waals surface area contributed by atoms with Crippen LogP contribution in [0.1, 0.15) is 98.3 Å². The number of carbonyl (C=O) groups excluding carboxylic acids is 1. The Labute approximate surface area is 212 Å². The molecule has 0 aromatic rings. The van der Waals surface area contributed by atoms with Gasteiger partial charge in [-0.2, -0.15) is 0 Å². The second-order valence-corrected chi connectivity index (χ2v) is 13.8. The first kappa shape index (κ1) is 24.4. The third-order valence-electron chi connectivity index (χ3n) is 11.9. The lowest BCUT2D eigenvalue weighted by molar-refractivity contribution is -0.154. The highest BCUT2D eigenvalue weighted by molar-refractivity contribution is 5.66. The van der Waals surface area contributed by atoms with Gasteiger partial charge >= 0.3 is 5.97 Å². The second-order valence-electron chi connectivity index (χ2n) is 13.8. The number of rotatable bonds is 2. The lowest BCUT2D eigenvalue weighted by Crippen LogP contribution is -2.65. The molecule has 1 spiro atoms. The maximum atomic E-state index is 11.6. The van der Waals surface area contributed by atoms with E-state index >= 15 is 0 Å². The standard InChI is InChI=1S/C30H48N2O3/c1-18-12-27-30(31-5,32-16-18)17-29(35-27)11-9-23-24-7-6-21-13-22(34-20(3)33)8-10-28(21,4)26(24)14-25(23)19(2)15-29/h18,21-24,26-27,31-32H,6-17H2,1-5H3. The maximum absolute atomic E-state index is 11.6. The average Bonchev–Trinajstić information content (AvgIpc) is 3.30. The molecule has 4 aliphatic carbocycles. The van der Waals surface area contributed by atoms with Crippen molar-refractivity contribution in [3.05, 3.63) is 11.1 Å². The maximum Gasteiger partial charge on any atom is 0.302 e. The smallest absolute Gasteiger partial charge is 0.302 e. The van der Waals surface area contributed by atoms with Crippen LogP contribution in [0.15, 0.2) is 11.1 Å². The van der Waals surface area contributed by atoms with Crippen molar-refractivity contribution in [1.82, 2.24) is 10.6 Å². The van der Waals surface area contributed by atoms with E-state index in [0.29, 0.717) is 17.3 Å². The zero-order valence-electron chi connectivity index (χ0n) is 22.8. The summed E-state index contributed by atoms with van der Waals surface area (Å²) in [5, 5.41) is 7.53. The van der Waals surface area contributed by atoms with Crippen LogP contribution in [0, 0.1) is 35.0 Å². The Hall–Kier alpha value is -0.910. The summed E-state index contributed by atoms with van der Waals surface area (Å²) in [6.45, 7) is 10.0. The van der Waals surface area contributed by atoms with E-state index in [1.165, 1.54) is 38.5 Å². The van der Waals surface area contributed by atoms with Crippen molar-refractivity contribution in [3.63, 3.8) is 0 Å². The Morgan fingerprint density at radius 2 is 2.00 bits per heavy atom. The minimum Gasteiger partial charge on any atom is -0.463 e. The summed E-state index contributed by atoms with van der Waals surface area (Å²) in [5.41, 5.74) is 3.80. The zero-order chi connectivity index (χ0) is 24.6. The number of nitrogens with one attached hydrogen (secondary N) is 2. The minimum atomic E-state index is -0.108. The number of likely N-dealkylation sites (N-methyl/N-ethyl adjacent to an activating group) is 1. The molecule has 5 fully saturated rings. The molecule has 10 unspecified atom stereocenters. The van der Waals surface area contributed by atoms with Crippen molar-refractivity contribution in [2.45, 2.75) is 122 Å². The van der Waals surface area contributed by atoms with E-state index in [1.807, 2.05) is 0 Å². The molecule has 2 aliphatic heterocycles. The lowest BCUT2D eigenvalue weighted by Gasteiger charge is -2.54. The molecule has 2 heterocycles. The predicted octanol–water partition coefficient (Wildman–Crippen LogP) is 5.34. The molecule has 2 N–H and O–H groups in total. The first-order valence-electron chi connectivity index (χ1n) is 14.6. The Kier molecular flexibility index (Phi) is 5.97. The van der Waals surface area contributed by atoms with E-state index in [-0.39, 0.29) is 29.4 Å². The number of ether oxygens (including phenoxy) is 2. The molecule has 0 amide bonds. The molecule has 2 saturated heterocycles. The van der Waals surface area contributed by atoms with Crippen molar-refractivity contribution in [1.29, 1.82) is 0 Å². The molecule has 6 rings (SSSR count). The van der Waals surface area contributed by atoms with Crippen molar-refractivity contribution in [3.8, 4) is 0 Å². The Bertz CT molecular complexity index is 902. The normalized spacial score (nSPS) is 51.3. The monoisotopic (exact) mass is 484 g/mol. The predicted molar refractivity (Wildman–Crippen MR) is 138 cm³/mol. The summed E-state index contributed by atoms with van der Waals surface area (Å²) in [4.78, 5) is 11.6. The first-order valence-corrected chi connectivity index (χ1v) is 14.6. The highest BCUT2D eigenvalue weighted by atomic mass is 16.5. The Morgan fingerprint density at radius 1 is 1.17 bits per heavy atom. The van der Waals surface area contributed by atoms with E-state index in [4.69, 9.17) is 9.47 Å². The van der Waals surface area contributed by atoms with Crippen molar-refractivity contribution in [2.24, 2.45) is 35.0 Å². The van der Waals surface area contributed by atoms with Crippen molar-refractivity contribution >= 4 is 5.97 Å². The van der Waals surface area contributed by atoms with Gasteiger partial charge in [0.05, 0.1) is 17.4 Å². The molecule has 0 aromatic carbocycles. The van der Waals surface area contributed by atoms with Gasteiger partial charge < -0.3 is 14.8 Å². The molecule has 3 saturated carbocycles. The Balaban J connectivity index is 1.22. The summed E-state index contributed by atoms with van der Waals surface area (Å²) in [6.07, 6.45) is 13.6. The van der Waals surface area contributed by atoms with E-state index in [1.54, 1.807) is 18.1 Å². The van der Waals surface area contributed by atoms with Crippen LogP contribution < -0.4 is 10.6 Å². The third kappa shape index (κ3) is 3.85. The molecule has 0 bridgehead atoms. The van der Waals surface area contributed by atoms with Crippen molar-refractivity contribution in [2.75, 3.05) is 13.6 Å². The first-order chi connectivity index (χ1) is 16.7. The molecule has 35 heavy (non-hydrogen) atoms. The van der Waals surface area contributed by atoms with E-state index in [0.717, 1.165) is 56.4 Å². The molecule has 196 valence electrons. The minimum absolute atomic E-state index is 0.00908. The van der Waals surface area contributed by atoms with Crippen LogP contribution in [-0.2, 0) is 14.3 Å². The molecule has 6 aliphatic rings. The highest BCUT2D eigenvalue weighted by Crippen LogP contribution is 2.65. The van der Waals surface area contributed by atoms with Gasteiger partial charge in [0, 0.05) is 13.3 Å². The van der Waals surface area contributed by atoms with Crippen LogP contribution in [-0.4, -0.2) is 43.0 Å². The Morgan fingerprint density at radius 3 is 2.77 bits per heavy atom. The van der Waals surface area contributed by atoms with Crippen LogP contribution >= 0.6 is 0 Å². The summed E-state index contributed by atoms with van der Waals surface area (Å²) in [5.74, 6) is 3.68. The summed E-state index contributed by atoms with van der Waals surface area (Å²) in [7, 11) is 2.12. The number of esters is 1. The van der Waals surface area contributed by atoms with Gasteiger partial charge in [0.2, 0.25) is 0 Å². The SMILES string of the molecule is CNC12CC3(CCC4C(=C(C)C3)CC3C4CCC4CC(OC(C)=O)CCC43C)OC1CC(C)CN2. The summed E-state index contributed by atoms with van der Waals surface area (Å²) in [6, 6.07) is 0. The number of piperidine rings is 1. The average molecular weight is 485 g/mol. The number of hydrogen-bond donors (Lipinski definition) is 2. The van der Waals surface area contributed by atoms with Crippen LogP contribution in [0.3, 0.4) is 0 Å². The van der Waals surface area contributed by atoms with Gasteiger partial charge in [-0.15, -0.1) is 0 Å². The molecular weight excluding hydrogens is 436 g/mol. The van der Waals surface area contributed by atoms with Crippen LogP contribution in [0.25, 0.3) is 0 Å². The van der Waals surface area contributed by atoms with Gasteiger partial charge in [0.15, 0.2) is 0 Å². The fraction of sp³-hybridized carbons (Fsp3) is 0.900. The number of hydrogen-bond acceptors (Lipinski definition) is 5. The van der Waals surface area contributed by atoms with Gasteiger partial charge in [-0.1, -0.05) is 25.0 Å². The summed E-state index contributed by atoms with van der Waals surface area (Å²) >= 11 is 0. The highest BCUT2D eigenvalue weighted by Gasteiger charge is 2.60. The molecular formula is C30H48N2O3. The molecule has 5 heteroatoms. The number of fused-ring (bicyclic) bond motifs is 6. The fourth-order valence-corrected chi connectivity index (χ4v) is 10.1. The number of carbonyl (C=O) groups is 1. The topological polar surface area (TPSA) is 59.6 Å². The van der Waals surface area contributed by atoms with E-state index < -0.39 is 0 Å². The molecule has 0 aromatic heterocycles. The third-order valence-corrected chi connectivity index (χ3v) is 11.9. The van der Waals surface area contributed by atoms with E-state index in [2.05, 4.69) is 38.5 Å². The summed E-state index contributed by atoms with van der Waals surface area (Å²) < 4.78 is 12.7. The van der Waals surface area contributed by atoms with Crippen LogP contribution in [0.5, 0.6) is 0 Å².